The Morgan fingerprint density at radius 3 is 2.61 bits per heavy atom. The number of hydrogen-bond donors (Lipinski definition) is 1. The lowest BCUT2D eigenvalue weighted by molar-refractivity contribution is -0.121. The van der Waals surface area contributed by atoms with Crippen LogP contribution >= 0.6 is 11.8 Å². The van der Waals surface area contributed by atoms with Crippen LogP contribution in [0.2, 0.25) is 0 Å². The SMILES string of the molecule is CC[C@@H](Sc1nc2nccnc2c(=O)n1Cc1ccc(OC)cc1)C(=O)NC1CCCCC1. The van der Waals surface area contributed by atoms with Crippen LogP contribution in [-0.2, 0) is 11.3 Å². The fourth-order valence-electron chi connectivity index (χ4n) is 4.06. The fraction of sp³-hybridized carbons (Fsp3) is 0.458. The number of carbonyl (C=O) groups is 1. The van der Waals surface area contributed by atoms with Crippen LogP contribution in [-0.4, -0.2) is 43.8 Å². The highest BCUT2D eigenvalue weighted by molar-refractivity contribution is 8.00. The van der Waals surface area contributed by atoms with E-state index < -0.39 is 0 Å². The number of nitrogens with zero attached hydrogens (tertiary/aromatic N) is 4. The molecule has 1 aliphatic carbocycles. The second-order valence-electron chi connectivity index (χ2n) is 8.22. The first kappa shape index (κ1) is 23.2. The molecule has 8 nitrogen and oxygen atoms in total. The third-order valence-electron chi connectivity index (χ3n) is 5.92. The second kappa shape index (κ2) is 10.8. The van der Waals surface area contributed by atoms with Crippen LogP contribution in [0, 0.1) is 0 Å². The van der Waals surface area contributed by atoms with Gasteiger partial charge in [-0.3, -0.25) is 14.2 Å². The van der Waals surface area contributed by atoms with Crippen LogP contribution in [0.1, 0.15) is 51.0 Å². The van der Waals surface area contributed by atoms with Gasteiger partial charge in [-0.05, 0) is 37.0 Å². The number of ether oxygens (including phenoxy) is 1. The minimum Gasteiger partial charge on any atom is -0.497 e. The average Bonchev–Trinajstić information content (AvgIpc) is 2.85. The van der Waals surface area contributed by atoms with Crippen molar-refractivity contribution in [2.24, 2.45) is 0 Å². The number of thioether (sulfide) groups is 1. The molecule has 0 saturated heterocycles. The average molecular weight is 468 g/mol. The lowest BCUT2D eigenvalue weighted by atomic mass is 9.95. The molecule has 1 aliphatic rings. The largest absolute Gasteiger partial charge is 0.497 e. The van der Waals surface area contributed by atoms with Crippen LogP contribution in [0.3, 0.4) is 0 Å². The Hall–Kier alpha value is -2.94. The zero-order chi connectivity index (χ0) is 23.2. The summed E-state index contributed by atoms with van der Waals surface area (Å²) in [4.78, 5) is 39.4. The normalized spacial score (nSPS) is 15.3. The summed E-state index contributed by atoms with van der Waals surface area (Å²) in [6.45, 7) is 2.29. The Labute approximate surface area is 197 Å². The molecule has 1 saturated carbocycles. The van der Waals surface area contributed by atoms with Crippen molar-refractivity contribution in [2.75, 3.05) is 7.11 Å². The van der Waals surface area contributed by atoms with E-state index in [0.717, 1.165) is 37.0 Å². The lowest BCUT2D eigenvalue weighted by Crippen LogP contribution is -2.41. The van der Waals surface area contributed by atoms with E-state index in [0.29, 0.717) is 23.8 Å². The molecular weight excluding hydrogens is 438 g/mol. The number of aromatic nitrogens is 4. The zero-order valence-electron chi connectivity index (χ0n) is 19.0. The Balaban J connectivity index is 1.64. The van der Waals surface area contributed by atoms with Gasteiger partial charge in [-0.15, -0.1) is 0 Å². The first-order chi connectivity index (χ1) is 16.1. The summed E-state index contributed by atoms with van der Waals surface area (Å²) in [5, 5.41) is 3.32. The fourth-order valence-corrected chi connectivity index (χ4v) is 5.07. The van der Waals surface area contributed by atoms with E-state index in [9.17, 15) is 9.59 Å². The molecule has 1 aromatic carbocycles. The monoisotopic (exact) mass is 467 g/mol. The molecule has 1 amide bonds. The van der Waals surface area contributed by atoms with Gasteiger partial charge in [0.15, 0.2) is 16.3 Å². The van der Waals surface area contributed by atoms with Gasteiger partial charge in [0.25, 0.3) is 5.56 Å². The van der Waals surface area contributed by atoms with Gasteiger partial charge in [-0.25, -0.2) is 15.0 Å². The first-order valence-electron chi connectivity index (χ1n) is 11.4. The molecule has 0 aliphatic heterocycles. The van der Waals surface area contributed by atoms with Crippen molar-refractivity contribution in [3.05, 3.63) is 52.6 Å². The topological polar surface area (TPSA) is 99.0 Å². The minimum absolute atomic E-state index is 0.00103. The molecule has 1 N–H and O–H groups in total. The lowest BCUT2D eigenvalue weighted by Gasteiger charge is -2.25. The van der Waals surface area contributed by atoms with Crippen molar-refractivity contribution in [1.82, 2.24) is 24.8 Å². The number of nitrogens with one attached hydrogen (secondary N) is 1. The molecule has 3 aromatic rings. The number of rotatable bonds is 8. The second-order valence-corrected chi connectivity index (χ2v) is 9.39. The van der Waals surface area contributed by atoms with E-state index in [4.69, 9.17) is 4.74 Å². The van der Waals surface area contributed by atoms with Gasteiger partial charge in [-0.1, -0.05) is 50.1 Å². The summed E-state index contributed by atoms with van der Waals surface area (Å²) < 4.78 is 6.82. The van der Waals surface area contributed by atoms with Crippen molar-refractivity contribution in [2.45, 2.75) is 68.4 Å². The van der Waals surface area contributed by atoms with Gasteiger partial charge < -0.3 is 10.1 Å². The molecule has 2 aromatic heterocycles. The summed E-state index contributed by atoms with van der Waals surface area (Å²) in [7, 11) is 1.61. The van der Waals surface area contributed by atoms with Gasteiger partial charge in [0.05, 0.1) is 18.9 Å². The molecule has 0 spiro atoms. The molecule has 4 rings (SSSR count). The first-order valence-corrected chi connectivity index (χ1v) is 12.3. The third-order valence-corrected chi connectivity index (χ3v) is 7.28. The molecule has 2 heterocycles. The summed E-state index contributed by atoms with van der Waals surface area (Å²) in [6, 6.07) is 7.77. The maximum atomic E-state index is 13.3. The zero-order valence-corrected chi connectivity index (χ0v) is 19.8. The van der Waals surface area contributed by atoms with Crippen LogP contribution < -0.4 is 15.6 Å². The van der Waals surface area contributed by atoms with E-state index in [1.54, 1.807) is 11.7 Å². The molecule has 0 bridgehead atoms. The third kappa shape index (κ3) is 5.52. The van der Waals surface area contributed by atoms with Crippen molar-refractivity contribution in [1.29, 1.82) is 0 Å². The Morgan fingerprint density at radius 1 is 1.18 bits per heavy atom. The molecule has 1 fully saturated rings. The summed E-state index contributed by atoms with van der Waals surface area (Å²) in [5.74, 6) is 0.743. The molecule has 9 heteroatoms. The molecule has 1 atom stereocenters. The van der Waals surface area contributed by atoms with Crippen LogP contribution in [0.15, 0.2) is 46.6 Å². The van der Waals surface area contributed by atoms with Gasteiger partial charge >= 0.3 is 0 Å². The van der Waals surface area contributed by atoms with Gasteiger partial charge in [0.2, 0.25) is 5.91 Å². The molecule has 0 radical (unpaired) electrons. The van der Waals surface area contributed by atoms with E-state index >= 15 is 0 Å². The van der Waals surface area contributed by atoms with E-state index in [1.807, 2.05) is 31.2 Å². The van der Waals surface area contributed by atoms with Crippen molar-refractivity contribution in [3.8, 4) is 5.75 Å². The Kier molecular flexibility index (Phi) is 7.59. The number of methoxy groups -OCH3 is 1. The molecule has 33 heavy (non-hydrogen) atoms. The number of carbonyl (C=O) groups excluding carboxylic acids is 1. The number of fused-ring (bicyclic) bond motifs is 1. The van der Waals surface area contributed by atoms with E-state index in [2.05, 4.69) is 20.3 Å². The van der Waals surface area contributed by atoms with Gasteiger partial charge in [-0.2, -0.15) is 0 Å². The predicted molar refractivity (Wildman–Crippen MR) is 129 cm³/mol. The predicted octanol–water partition coefficient (Wildman–Crippen LogP) is 3.56. The number of amides is 1. The van der Waals surface area contributed by atoms with Gasteiger partial charge in [0.1, 0.15) is 5.75 Å². The summed E-state index contributed by atoms with van der Waals surface area (Å²) in [6.07, 6.45) is 9.23. The summed E-state index contributed by atoms with van der Waals surface area (Å²) >= 11 is 1.32. The van der Waals surface area contributed by atoms with Crippen molar-refractivity contribution in [3.63, 3.8) is 0 Å². The maximum absolute atomic E-state index is 13.3. The van der Waals surface area contributed by atoms with Crippen molar-refractivity contribution < 1.29 is 9.53 Å². The highest BCUT2D eigenvalue weighted by Crippen LogP contribution is 2.26. The van der Waals surface area contributed by atoms with E-state index in [1.165, 1.54) is 30.6 Å². The highest BCUT2D eigenvalue weighted by Gasteiger charge is 2.25. The Morgan fingerprint density at radius 2 is 1.91 bits per heavy atom. The highest BCUT2D eigenvalue weighted by atomic mass is 32.2. The molecule has 174 valence electrons. The minimum atomic E-state index is -0.352. The van der Waals surface area contributed by atoms with Crippen LogP contribution in [0.4, 0.5) is 0 Å². The quantitative estimate of drug-likeness (QED) is 0.399. The number of benzene rings is 1. The van der Waals surface area contributed by atoms with Crippen LogP contribution in [0.25, 0.3) is 11.2 Å². The van der Waals surface area contributed by atoms with Crippen molar-refractivity contribution >= 4 is 28.8 Å². The standard InChI is InChI=1S/C24H29N5O3S/c1-3-19(22(30)27-17-7-5-4-6-8-17)33-24-28-21-20(25-13-14-26-21)23(31)29(24)15-16-9-11-18(32-2)12-10-16/h9-14,17,19H,3-8,15H2,1-2H3,(H,27,30)/t19-/m1/s1. The molecular formula is C24H29N5O3S. The maximum Gasteiger partial charge on any atom is 0.282 e. The van der Waals surface area contributed by atoms with Crippen LogP contribution in [0.5, 0.6) is 5.75 Å². The van der Waals surface area contributed by atoms with E-state index in [-0.39, 0.29) is 28.3 Å². The summed E-state index contributed by atoms with van der Waals surface area (Å²) in [5.41, 5.74) is 1.16. The molecule has 0 unspecified atom stereocenters. The smallest absolute Gasteiger partial charge is 0.282 e. The van der Waals surface area contributed by atoms with Gasteiger partial charge in [0, 0.05) is 18.4 Å². The number of hydrogen-bond acceptors (Lipinski definition) is 7. The Bertz CT molecular complexity index is 1160.